The minimum atomic E-state index is 0.0143. The Bertz CT molecular complexity index is 512. The molecule has 0 saturated carbocycles. The van der Waals surface area contributed by atoms with E-state index in [1.807, 2.05) is 24.3 Å². The summed E-state index contributed by atoms with van der Waals surface area (Å²) in [6.07, 6.45) is 3.31. The molecule has 0 fully saturated rings. The van der Waals surface area contributed by atoms with Crippen molar-refractivity contribution < 1.29 is 9.53 Å². The van der Waals surface area contributed by atoms with Crippen molar-refractivity contribution in [2.75, 3.05) is 41.4 Å². The van der Waals surface area contributed by atoms with Crippen LogP contribution in [0.4, 0.5) is 0 Å². The van der Waals surface area contributed by atoms with E-state index in [1.54, 1.807) is 33.2 Å². The molecule has 0 saturated heterocycles. The average Bonchev–Trinajstić information content (AvgIpc) is 2.60. The number of ether oxygens (including phenoxy) is 1. The van der Waals surface area contributed by atoms with Crippen molar-refractivity contribution in [1.82, 2.24) is 15.5 Å². The smallest absolute Gasteiger partial charge is 0.253 e. The average molecular weight is 334 g/mol. The van der Waals surface area contributed by atoms with Gasteiger partial charge >= 0.3 is 0 Å². The zero-order valence-electron chi connectivity index (χ0n) is 15.3. The lowest BCUT2D eigenvalue weighted by atomic mass is 10.1. The molecule has 6 heteroatoms. The monoisotopic (exact) mass is 334 g/mol. The largest absolute Gasteiger partial charge is 0.385 e. The van der Waals surface area contributed by atoms with E-state index in [0.717, 1.165) is 43.9 Å². The second-order valence-electron chi connectivity index (χ2n) is 5.80. The molecule has 0 aliphatic carbocycles. The Hall–Kier alpha value is -2.08. The Morgan fingerprint density at radius 3 is 2.42 bits per heavy atom. The highest BCUT2D eigenvalue weighted by Crippen LogP contribution is 2.06. The summed E-state index contributed by atoms with van der Waals surface area (Å²) in [5, 5.41) is 6.58. The number of unbranched alkanes of at least 4 members (excludes halogenated alkanes) is 2. The lowest BCUT2D eigenvalue weighted by Crippen LogP contribution is -2.37. The highest BCUT2D eigenvalue weighted by Gasteiger charge is 2.07. The molecule has 134 valence electrons. The van der Waals surface area contributed by atoms with E-state index < -0.39 is 0 Å². The molecule has 1 aromatic carbocycles. The van der Waals surface area contributed by atoms with Crippen LogP contribution in [0.25, 0.3) is 0 Å². The van der Waals surface area contributed by atoms with Crippen LogP contribution in [0.15, 0.2) is 29.3 Å². The Labute approximate surface area is 145 Å². The van der Waals surface area contributed by atoms with Gasteiger partial charge in [-0.3, -0.25) is 9.79 Å². The molecule has 0 aliphatic rings. The number of nitrogens with one attached hydrogen (secondary N) is 2. The normalized spacial score (nSPS) is 11.2. The maximum Gasteiger partial charge on any atom is 0.253 e. The zero-order valence-corrected chi connectivity index (χ0v) is 15.3. The number of guanidine groups is 1. The Balaban J connectivity index is 2.34. The number of hydrogen-bond donors (Lipinski definition) is 2. The predicted molar refractivity (Wildman–Crippen MR) is 98.4 cm³/mol. The topological polar surface area (TPSA) is 66.0 Å². The summed E-state index contributed by atoms with van der Waals surface area (Å²) < 4.78 is 5.03. The van der Waals surface area contributed by atoms with E-state index in [4.69, 9.17) is 4.74 Å². The van der Waals surface area contributed by atoms with Crippen LogP contribution >= 0.6 is 0 Å². The van der Waals surface area contributed by atoms with Gasteiger partial charge in [0, 0.05) is 53.5 Å². The molecular formula is C18H30N4O2. The van der Waals surface area contributed by atoms with E-state index in [9.17, 15) is 4.79 Å². The number of amides is 1. The molecule has 6 nitrogen and oxygen atoms in total. The third kappa shape index (κ3) is 7.46. The summed E-state index contributed by atoms with van der Waals surface area (Å²) in [4.78, 5) is 17.6. The van der Waals surface area contributed by atoms with Gasteiger partial charge in [-0.05, 0) is 37.0 Å². The number of carbonyl (C=O) groups is 1. The van der Waals surface area contributed by atoms with Crippen LogP contribution in [-0.2, 0) is 11.3 Å². The van der Waals surface area contributed by atoms with Gasteiger partial charge in [-0.15, -0.1) is 0 Å². The third-order valence-corrected chi connectivity index (χ3v) is 3.61. The van der Waals surface area contributed by atoms with E-state index >= 15 is 0 Å². The quantitative estimate of drug-likeness (QED) is 0.411. The first-order valence-corrected chi connectivity index (χ1v) is 8.32. The molecule has 0 radical (unpaired) electrons. The molecule has 0 atom stereocenters. The molecule has 1 aromatic rings. The van der Waals surface area contributed by atoms with Crippen molar-refractivity contribution in [2.24, 2.45) is 4.99 Å². The lowest BCUT2D eigenvalue weighted by Gasteiger charge is -2.13. The van der Waals surface area contributed by atoms with E-state index in [2.05, 4.69) is 15.6 Å². The van der Waals surface area contributed by atoms with E-state index in [1.165, 1.54) is 0 Å². The minimum Gasteiger partial charge on any atom is -0.385 e. The van der Waals surface area contributed by atoms with Crippen LogP contribution in [0.2, 0.25) is 0 Å². The first-order valence-electron chi connectivity index (χ1n) is 8.32. The SMILES string of the molecule is CN=C(NCCCCCOC)NCc1ccc(C(=O)N(C)C)cc1. The molecule has 0 spiro atoms. The van der Waals surface area contributed by atoms with E-state index in [0.29, 0.717) is 12.1 Å². The highest BCUT2D eigenvalue weighted by molar-refractivity contribution is 5.93. The van der Waals surface area contributed by atoms with Crippen LogP contribution in [-0.4, -0.2) is 58.2 Å². The van der Waals surface area contributed by atoms with Crippen molar-refractivity contribution in [3.63, 3.8) is 0 Å². The number of aliphatic imine (C=N–C) groups is 1. The predicted octanol–water partition coefficient (Wildman–Crippen LogP) is 1.87. The Morgan fingerprint density at radius 2 is 1.83 bits per heavy atom. The fourth-order valence-corrected chi connectivity index (χ4v) is 2.18. The van der Waals surface area contributed by atoms with Crippen molar-refractivity contribution in [3.05, 3.63) is 35.4 Å². The van der Waals surface area contributed by atoms with Gasteiger partial charge in [-0.1, -0.05) is 12.1 Å². The van der Waals surface area contributed by atoms with Crippen LogP contribution in [0.1, 0.15) is 35.2 Å². The zero-order chi connectivity index (χ0) is 17.8. The van der Waals surface area contributed by atoms with Crippen molar-refractivity contribution in [3.8, 4) is 0 Å². The molecule has 0 unspecified atom stereocenters. The van der Waals surface area contributed by atoms with Gasteiger partial charge in [0.2, 0.25) is 0 Å². The summed E-state index contributed by atoms with van der Waals surface area (Å²) >= 11 is 0. The van der Waals surface area contributed by atoms with E-state index in [-0.39, 0.29) is 5.91 Å². The van der Waals surface area contributed by atoms with Crippen LogP contribution in [0, 0.1) is 0 Å². The molecule has 1 amide bonds. The number of methoxy groups -OCH3 is 1. The van der Waals surface area contributed by atoms with Crippen molar-refractivity contribution in [2.45, 2.75) is 25.8 Å². The summed E-state index contributed by atoms with van der Waals surface area (Å²) in [6, 6.07) is 7.63. The van der Waals surface area contributed by atoms with Gasteiger partial charge in [-0.25, -0.2) is 0 Å². The molecule has 0 aliphatic heterocycles. The molecule has 0 heterocycles. The second-order valence-corrected chi connectivity index (χ2v) is 5.80. The fourth-order valence-electron chi connectivity index (χ4n) is 2.18. The van der Waals surface area contributed by atoms with Crippen molar-refractivity contribution >= 4 is 11.9 Å². The number of hydrogen-bond acceptors (Lipinski definition) is 3. The first-order chi connectivity index (χ1) is 11.6. The van der Waals surface area contributed by atoms with Gasteiger partial charge < -0.3 is 20.3 Å². The van der Waals surface area contributed by atoms with Gasteiger partial charge in [0.05, 0.1) is 0 Å². The summed E-state index contributed by atoms with van der Waals surface area (Å²) in [6.45, 7) is 2.37. The van der Waals surface area contributed by atoms with Crippen LogP contribution in [0.5, 0.6) is 0 Å². The molecule has 0 aromatic heterocycles. The molecule has 1 rings (SSSR count). The standard InChI is InChI=1S/C18H30N4O2/c1-19-18(20-12-6-5-7-13-24-4)21-14-15-8-10-16(11-9-15)17(23)22(2)3/h8-11H,5-7,12-14H2,1-4H3,(H2,19,20,21). The number of carbonyl (C=O) groups excluding carboxylic acids is 1. The number of nitrogens with zero attached hydrogens (tertiary/aromatic N) is 2. The summed E-state index contributed by atoms with van der Waals surface area (Å²) in [7, 11) is 7.00. The fraction of sp³-hybridized carbons (Fsp3) is 0.556. The number of rotatable bonds is 9. The van der Waals surface area contributed by atoms with Crippen molar-refractivity contribution in [1.29, 1.82) is 0 Å². The Morgan fingerprint density at radius 1 is 1.12 bits per heavy atom. The number of benzene rings is 1. The highest BCUT2D eigenvalue weighted by atomic mass is 16.5. The van der Waals surface area contributed by atoms with Gasteiger partial charge in [0.1, 0.15) is 0 Å². The minimum absolute atomic E-state index is 0.0143. The third-order valence-electron chi connectivity index (χ3n) is 3.61. The molecule has 24 heavy (non-hydrogen) atoms. The van der Waals surface area contributed by atoms with Gasteiger partial charge in [0.25, 0.3) is 5.91 Å². The maximum absolute atomic E-state index is 11.9. The summed E-state index contributed by atoms with van der Waals surface area (Å²) in [5.74, 6) is 0.802. The van der Waals surface area contributed by atoms with Crippen LogP contribution < -0.4 is 10.6 Å². The molecular weight excluding hydrogens is 304 g/mol. The summed E-state index contributed by atoms with van der Waals surface area (Å²) in [5.41, 5.74) is 1.80. The molecule has 2 N–H and O–H groups in total. The van der Waals surface area contributed by atoms with Gasteiger partial charge in [-0.2, -0.15) is 0 Å². The molecule has 0 bridgehead atoms. The second kappa shape index (κ2) is 11.5. The maximum atomic E-state index is 11.9. The Kier molecular flexibility index (Phi) is 9.53. The first kappa shape index (κ1) is 20.0. The van der Waals surface area contributed by atoms with Crippen LogP contribution in [0.3, 0.4) is 0 Å². The lowest BCUT2D eigenvalue weighted by molar-refractivity contribution is 0.0827. The van der Waals surface area contributed by atoms with Gasteiger partial charge in [0.15, 0.2) is 5.96 Å².